The molecule has 1 aromatic heterocycles. The number of benzene rings is 2. The van der Waals surface area contributed by atoms with Gasteiger partial charge in [0.15, 0.2) is 0 Å². The highest BCUT2D eigenvalue weighted by Gasteiger charge is 2.33. The third-order valence-corrected chi connectivity index (χ3v) is 5.50. The van der Waals surface area contributed by atoms with E-state index in [0.717, 1.165) is 22.5 Å². The van der Waals surface area contributed by atoms with E-state index < -0.39 is 0 Å². The predicted octanol–water partition coefficient (Wildman–Crippen LogP) is 3.42. The van der Waals surface area contributed by atoms with Gasteiger partial charge in [-0.15, -0.1) is 0 Å². The number of para-hydroxylation sites is 3. The Labute approximate surface area is 170 Å². The molecule has 2 amide bonds. The van der Waals surface area contributed by atoms with Crippen LogP contribution >= 0.6 is 0 Å². The van der Waals surface area contributed by atoms with E-state index in [1.165, 1.54) is 0 Å². The summed E-state index contributed by atoms with van der Waals surface area (Å²) in [5.74, 6) is 0.937. The van der Waals surface area contributed by atoms with Crippen LogP contribution in [0.2, 0.25) is 0 Å². The monoisotopic (exact) mass is 390 g/mol. The highest BCUT2D eigenvalue weighted by atomic mass is 16.2. The normalized spacial score (nSPS) is 16.8. The highest BCUT2D eigenvalue weighted by molar-refractivity contribution is 5.94. The molecule has 0 aliphatic carbocycles. The van der Waals surface area contributed by atoms with Gasteiger partial charge in [0.1, 0.15) is 12.4 Å². The lowest BCUT2D eigenvalue weighted by Crippen LogP contribution is -2.39. The molecule has 0 saturated carbocycles. The fraction of sp³-hybridized carbons (Fsp3) is 0.348. The lowest BCUT2D eigenvalue weighted by atomic mass is 10.1. The molecule has 2 aromatic carbocycles. The van der Waals surface area contributed by atoms with Gasteiger partial charge in [0.2, 0.25) is 11.8 Å². The van der Waals surface area contributed by atoms with Crippen molar-refractivity contribution in [2.24, 2.45) is 0 Å². The summed E-state index contributed by atoms with van der Waals surface area (Å²) in [7, 11) is 1.82. The Hall–Kier alpha value is -3.15. The average Bonchev–Trinajstić information content (AvgIpc) is 3.23. The number of aromatic nitrogens is 2. The van der Waals surface area contributed by atoms with E-state index in [9.17, 15) is 9.59 Å². The van der Waals surface area contributed by atoms with E-state index in [1.807, 2.05) is 85.0 Å². The SMILES string of the molecule is CC(C)N(C(=O)Cn1c(C2CC(=O)N(C)C2)nc2ccccc21)c1ccccc1. The summed E-state index contributed by atoms with van der Waals surface area (Å²) < 4.78 is 1.99. The lowest BCUT2D eigenvalue weighted by molar-refractivity contribution is -0.126. The van der Waals surface area contributed by atoms with Gasteiger partial charge in [-0.05, 0) is 38.1 Å². The van der Waals surface area contributed by atoms with E-state index in [2.05, 4.69) is 0 Å². The van der Waals surface area contributed by atoms with Crippen molar-refractivity contribution >= 4 is 28.5 Å². The summed E-state index contributed by atoms with van der Waals surface area (Å²) in [6, 6.07) is 17.6. The van der Waals surface area contributed by atoms with Crippen LogP contribution < -0.4 is 4.90 Å². The molecule has 4 rings (SSSR count). The van der Waals surface area contributed by atoms with Gasteiger partial charge in [-0.25, -0.2) is 4.98 Å². The van der Waals surface area contributed by atoms with E-state index >= 15 is 0 Å². The van der Waals surface area contributed by atoms with E-state index in [1.54, 1.807) is 4.90 Å². The predicted molar refractivity (Wildman–Crippen MR) is 114 cm³/mol. The fourth-order valence-corrected chi connectivity index (χ4v) is 4.14. The van der Waals surface area contributed by atoms with Crippen molar-refractivity contribution < 1.29 is 9.59 Å². The van der Waals surface area contributed by atoms with Crippen molar-refractivity contribution in [3.8, 4) is 0 Å². The number of rotatable bonds is 5. The van der Waals surface area contributed by atoms with Gasteiger partial charge in [-0.3, -0.25) is 9.59 Å². The van der Waals surface area contributed by atoms with Gasteiger partial charge in [-0.2, -0.15) is 0 Å². The number of hydrogen-bond donors (Lipinski definition) is 0. The number of likely N-dealkylation sites (tertiary alicyclic amines) is 1. The summed E-state index contributed by atoms with van der Waals surface area (Å²) in [4.78, 5) is 33.9. The molecule has 1 fully saturated rings. The molecular weight excluding hydrogens is 364 g/mol. The van der Waals surface area contributed by atoms with Crippen LogP contribution in [-0.4, -0.2) is 45.9 Å². The zero-order valence-corrected chi connectivity index (χ0v) is 17.1. The molecular formula is C23H26N4O2. The maximum Gasteiger partial charge on any atom is 0.247 e. The van der Waals surface area contributed by atoms with E-state index in [4.69, 9.17) is 4.98 Å². The summed E-state index contributed by atoms with van der Waals surface area (Å²) in [5, 5.41) is 0. The van der Waals surface area contributed by atoms with Crippen LogP contribution in [0.5, 0.6) is 0 Å². The van der Waals surface area contributed by atoms with E-state index in [0.29, 0.717) is 13.0 Å². The number of carbonyl (C=O) groups excluding carboxylic acids is 2. The second-order valence-corrected chi connectivity index (χ2v) is 7.91. The number of nitrogens with zero attached hydrogens (tertiary/aromatic N) is 4. The van der Waals surface area contributed by atoms with Crippen molar-refractivity contribution in [3.63, 3.8) is 0 Å². The molecule has 6 heteroatoms. The molecule has 3 aromatic rings. The first-order chi connectivity index (χ1) is 14.0. The molecule has 1 saturated heterocycles. The van der Waals surface area contributed by atoms with Crippen LogP contribution in [0.3, 0.4) is 0 Å². The standard InChI is InChI=1S/C23H26N4O2/c1-16(2)27(18-9-5-4-6-10-18)22(29)15-26-20-12-8-7-11-19(20)24-23(26)17-13-21(28)25(3)14-17/h4-12,16-17H,13-15H2,1-3H3. The Morgan fingerprint density at radius 1 is 1.14 bits per heavy atom. The Balaban J connectivity index is 1.72. The topological polar surface area (TPSA) is 58.4 Å². The summed E-state index contributed by atoms with van der Waals surface area (Å²) in [5.41, 5.74) is 2.66. The number of anilines is 1. The molecule has 6 nitrogen and oxygen atoms in total. The number of amides is 2. The maximum atomic E-state index is 13.4. The zero-order chi connectivity index (χ0) is 20.5. The molecule has 1 aliphatic heterocycles. The number of fused-ring (bicyclic) bond motifs is 1. The zero-order valence-electron chi connectivity index (χ0n) is 17.1. The third kappa shape index (κ3) is 3.62. The second kappa shape index (κ2) is 7.70. The maximum absolute atomic E-state index is 13.4. The van der Waals surface area contributed by atoms with E-state index in [-0.39, 0.29) is 30.3 Å². The van der Waals surface area contributed by atoms with Gasteiger partial charge in [0.25, 0.3) is 0 Å². The Morgan fingerprint density at radius 3 is 2.48 bits per heavy atom. The number of imidazole rings is 1. The van der Waals surface area contributed by atoms with Crippen molar-refractivity contribution in [1.29, 1.82) is 0 Å². The van der Waals surface area contributed by atoms with Crippen LogP contribution in [-0.2, 0) is 16.1 Å². The fourth-order valence-electron chi connectivity index (χ4n) is 4.14. The molecule has 0 spiro atoms. The smallest absolute Gasteiger partial charge is 0.247 e. The molecule has 2 heterocycles. The Morgan fingerprint density at radius 2 is 1.83 bits per heavy atom. The average molecular weight is 390 g/mol. The first-order valence-electron chi connectivity index (χ1n) is 10.0. The number of carbonyl (C=O) groups is 2. The summed E-state index contributed by atoms with van der Waals surface area (Å²) >= 11 is 0. The number of hydrogen-bond acceptors (Lipinski definition) is 3. The van der Waals surface area contributed by atoms with Crippen LogP contribution in [0.4, 0.5) is 5.69 Å². The largest absolute Gasteiger partial charge is 0.345 e. The second-order valence-electron chi connectivity index (χ2n) is 7.91. The quantitative estimate of drug-likeness (QED) is 0.671. The minimum atomic E-state index is -0.00285. The molecule has 0 bridgehead atoms. The van der Waals surface area contributed by atoms with Crippen molar-refractivity contribution in [2.45, 2.75) is 38.8 Å². The minimum Gasteiger partial charge on any atom is -0.345 e. The molecule has 150 valence electrons. The molecule has 0 radical (unpaired) electrons. The summed E-state index contributed by atoms with van der Waals surface area (Å²) in [6.07, 6.45) is 0.431. The van der Waals surface area contributed by atoms with Crippen molar-refractivity contribution in [3.05, 3.63) is 60.4 Å². The highest BCUT2D eigenvalue weighted by Crippen LogP contribution is 2.30. The first-order valence-corrected chi connectivity index (χ1v) is 10.0. The lowest BCUT2D eigenvalue weighted by Gasteiger charge is -2.27. The molecule has 1 atom stereocenters. The van der Waals surface area contributed by atoms with Crippen LogP contribution in [0.15, 0.2) is 54.6 Å². The molecule has 1 aliphatic rings. The third-order valence-electron chi connectivity index (χ3n) is 5.50. The molecule has 0 N–H and O–H groups in total. The van der Waals surface area contributed by atoms with Crippen molar-refractivity contribution in [2.75, 3.05) is 18.5 Å². The van der Waals surface area contributed by atoms with Crippen LogP contribution in [0.1, 0.15) is 32.0 Å². The van der Waals surface area contributed by atoms with Crippen LogP contribution in [0, 0.1) is 0 Å². The Bertz CT molecular complexity index is 1040. The first kappa shape index (κ1) is 19.2. The Kier molecular flexibility index (Phi) is 5.09. The molecule has 29 heavy (non-hydrogen) atoms. The van der Waals surface area contributed by atoms with Gasteiger partial charge in [-0.1, -0.05) is 30.3 Å². The van der Waals surface area contributed by atoms with Crippen molar-refractivity contribution in [1.82, 2.24) is 14.5 Å². The van der Waals surface area contributed by atoms with Gasteiger partial charge >= 0.3 is 0 Å². The van der Waals surface area contributed by atoms with Crippen LogP contribution in [0.25, 0.3) is 11.0 Å². The van der Waals surface area contributed by atoms with Gasteiger partial charge in [0, 0.05) is 37.7 Å². The summed E-state index contributed by atoms with van der Waals surface area (Å²) in [6.45, 7) is 4.85. The van der Waals surface area contributed by atoms with Gasteiger partial charge in [0.05, 0.1) is 11.0 Å². The number of likely N-dealkylation sites (N-methyl/N-ethyl adjacent to an activating group) is 1. The van der Waals surface area contributed by atoms with Gasteiger partial charge < -0.3 is 14.4 Å². The molecule has 1 unspecified atom stereocenters. The minimum absolute atomic E-state index is 0.00285.